The third-order valence-electron chi connectivity index (χ3n) is 10.1. The number of benzene rings is 1. The third-order valence-corrected chi connectivity index (χ3v) is 10.1. The van der Waals surface area contributed by atoms with Crippen LogP contribution in [0.15, 0.2) is 6.07 Å². The third kappa shape index (κ3) is 4.75. The number of methoxy groups -OCH3 is 1. The number of nitrogens with zero attached hydrogens (tertiary/aromatic N) is 1. The fraction of sp³-hybridized carbons (Fsp3) is 0.645. The van der Waals surface area contributed by atoms with E-state index in [9.17, 15) is 34.2 Å². The first kappa shape index (κ1) is 30.3. The maximum absolute atomic E-state index is 13.9. The molecule has 1 aromatic rings. The molecule has 0 aliphatic heterocycles. The number of carbonyl (C=O) groups is 5. The maximum Gasteiger partial charge on any atom is 0.235 e. The molecule has 1 amide bonds. The normalized spacial score (nSPS) is 31.5. The van der Waals surface area contributed by atoms with Gasteiger partial charge in [-0.05, 0) is 57.8 Å². The van der Waals surface area contributed by atoms with Gasteiger partial charge >= 0.3 is 0 Å². The zero-order valence-corrected chi connectivity index (χ0v) is 24.5. The summed E-state index contributed by atoms with van der Waals surface area (Å²) in [5.74, 6) is -9.45. The molecule has 3 fully saturated rings. The second kappa shape index (κ2) is 11.5. The number of hydrogen-bond donors (Lipinski definition) is 4. The Labute approximate surface area is 245 Å². The van der Waals surface area contributed by atoms with Crippen molar-refractivity contribution in [3.8, 4) is 11.5 Å². The highest BCUT2D eigenvalue weighted by Gasteiger charge is 2.69. The second-order valence-electron chi connectivity index (χ2n) is 12.7. The van der Waals surface area contributed by atoms with Crippen LogP contribution in [0.25, 0.3) is 0 Å². The van der Waals surface area contributed by atoms with Gasteiger partial charge in [-0.15, -0.1) is 0 Å². The number of phenols is 1. The number of primary amides is 1. The van der Waals surface area contributed by atoms with Gasteiger partial charge in [0, 0.05) is 23.6 Å². The molecular formula is C31H41N3O8. The summed E-state index contributed by atoms with van der Waals surface area (Å²) in [5, 5.41) is 26.1. The summed E-state index contributed by atoms with van der Waals surface area (Å²) in [6.07, 6.45) is 7.58. The van der Waals surface area contributed by atoms with Crippen LogP contribution in [0.5, 0.6) is 11.5 Å². The smallest absolute Gasteiger partial charge is 0.235 e. The number of fused-ring (bicyclic) bond motifs is 3. The molecule has 0 saturated heterocycles. The topological polar surface area (TPSA) is 176 Å². The fourth-order valence-corrected chi connectivity index (χ4v) is 8.11. The average molecular weight is 584 g/mol. The van der Waals surface area contributed by atoms with E-state index in [0.29, 0.717) is 29.3 Å². The van der Waals surface area contributed by atoms with Crippen molar-refractivity contribution in [2.45, 2.75) is 69.6 Å². The van der Waals surface area contributed by atoms with Gasteiger partial charge in [-0.3, -0.25) is 28.9 Å². The molecule has 5 rings (SSSR count). The number of nitrogens with two attached hydrogens (primary N) is 1. The highest BCUT2D eigenvalue weighted by molar-refractivity contribution is 6.32. The predicted octanol–water partition coefficient (Wildman–Crippen LogP) is 0.936. The molecule has 0 bridgehead atoms. The number of phenolic OH excluding ortho intramolecular Hbond substituents is 1. The fourth-order valence-electron chi connectivity index (χ4n) is 8.11. The first-order chi connectivity index (χ1) is 19.9. The number of likely N-dealkylation sites (N-methyl/N-ethyl adjacent to an activating group) is 1. The van der Waals surface area contributed by atoms with Crippen LogP contribution in [-0.2, 0) is 32.1 Å². The number of Topliss-reactive ketones (excluding diaryl/α,β-unsaturated/α-hetero) is 4. The van der Waals surface area contributed by atoms with Gasteiger partial charge in [-0.2, -0.15) is 0 Å². The summed E-state index contributed by atoms with van der Waals surface area (Å²) < 4.78 is 5.76. The summed E-state index contributed by atoms with van der Waals surface area (Å²) in [4.78, 5) is 68.0. The molecule has 5 N–H and O–H groups in total. The zero-order chi connectivity index (χ0) is 30.5. The Morgan fingerprint density at radius 2 is 1.83 bits per heavy atom. The maximum atomic E-state index is 13.9. The van der Waals surface area contributed by atoms with Crippen molar-refractivity contribution in [3.05, 3.63) is 22.8 Å². The van der Waals surface area contributed by atoms with Gasteiger partial charge < -0.3 is 26.0 Å². The van der Waals surface area contributed by atoms with Crippen LogP contribution in [0, 0.1) is 29.6 Å². The van der Waals surface area contributed by atoms with E-state index in [1.54, 1.807) is 14.1 Å². The van der Waals surface area contributed by atoms with Gasteiger partial charge in [0.2, 0.25) is 5.91 Å². The Bertz CT molecular complexity index is 1320. The van der Waals surface area contributed by atoms with Gasteiger partial charge in [0.25, 0.3) is 0 Å². The van der Waals surface area contributed by atoms with Gasteiger partial charge in [0.15, 0.2) is 34.7 Å². The van der Waals surface area contributed by atoms with Crippen molar-refractivity contribution in [2.75, 3.05) is 27.7 Å². The van der Waals surface area contributed by atoms with Crippen molar-refractivity contribution in [1.82, 2.24) is 10.2 Å². The first-order valence-corrected chi connectivity index (χ1v) is 14.9. The first-order valence-electron chi connectivity index (χ1n) is 14.9. The van der Waals surface area contributed by atoms with E-state index in [1.807, 2.05) is 0 Å². The predicted molar refractivity (Wildman–Crippen MR) is 151 cm³/mol. The van der Waals surface area contributed by atoms with Crippen LogP contribution in [0.3, 0.4) is 0 Å². The molecule has 6 atom stereocenters. The van der Waals surface area contributed by atoms with Crippen molar-refractivity contribution in [1.29, 1.82) is 0 Å². The Hall–Kier alpha value is -3.15. The standard InChI is InChI=1S/C31H41N3O8/c1-34(2)24-19-12-16-11-18-22(25(36)21(16)28(38)31(19,41)29(39)23(26(24)37)30(32)40)20(35)13-17(27(18)42-3)14-33-10-9-15-7-5-4-6-8-15/h13,15-16,19,21,23-24,33,35,41H,4-12,14H2,1-3H3,(H2,32,40)/t16-,19-,21?,23?,24-,31-/m0/s1. The molecule has 0 heterocycles. The molecule has 4 aliphatic rings. The minimum Gasteiger partial charge on any atom is -0.507 e. The number of hydrogen-bond acceptors (Lipinski definition) is 10. The molecule has 0 radical (unpaired) electrons. The molecule has 1 aromatic carbocycles. The summed E-state index contributed by atoms with van der Waals surface area (Å²) >= 11 is 0. The number of aromatic hydroxyl groups is 1. The quantitative estimate of drug-likeness (QED) is 0.254. The van der Waals surface area contributed by atoms with Gasteiger partial charge in [-0.25, -0.2) is 0 Å². The van der Waals surface area contributed by atoms with E-state index in [1.165, 1.54) is 50.2 Å². The van der Waals surface area contributed by atoms with Crippen LogP contribution in [0.4, 0.5) is 0 Å². The van der Waals surface area contributed by atoms with Crippen LogP contribution in [0.2, 0.25) is 0 Å². The van der Waals surface area contributed by atoms with Crippen molar-refractivity contribution >= 4 is 29.0 Å². The summed E-state index contributed by atoms with van der Waals surface area (Å²) in [5.41, 5.74) is 3.71. The van der Waals surface area contributed by atoms with Gasteiger partial charge in [-0.1, -0.05) is 32.1 Å². The lowest BCUT2D eigenvalue weighted by Crippen LogP contribution is -2.74. The van der Waals surface area contributed by atoms with E-state index in [2.05, 4.69) is 5.32 Å². The molecule has 3 saturated carbocycles. The van der Waals surface area contributed by atoms with Gasteiger partial charge in [0.05, 0.1) is 24.6 Å². The number of amides is 1. The monoisotopic (exact) mass is 583 g/mol. The Morgan fingerprint density at radius 1 is 1.14 bits per heavy atom. The largest absolute Gasteiger partial charge is 0.507 e. The van der Waals surface area contributed by atoms with Crippen LogP contribution < -0.4 is 15.8 Å². The highest BCUT2D eigenvalue weighted by Crippen LogP contribution is 2.52. The lowest BCUT2D eigenvalue weighted by Gasteiger charge is -2.52. The lowest BCUT2D eigenvalue weighted by atomic mass is 9.52. The molecule has 42 heavy (non-hydrogen) atoms. The average Bonchev–Trinajstić information content (AvgIpc) is 2.93. The number of ether oxygens (including phenoxy) is 1. The summed E-state index contributed by atoms with van der Waals surface area (Å²) in [6.45, 7) is 1.23. The van der Waals surface area contributed by atoms with E-state index in [4.69, 9.17) is 10.5 Å². The highest BCUT2D eigenvalue weighted by atomic mass is 16.5. The molecule has 11 heteroatoms. The SMILES string of the molecule is COc1c(CNCCC2CCCCC2)cc(O)c2c1C[C@H]1C[C@H]3[C@H](N(C)C)C(=O)C(C(N)=O)C(=O)[C@@]3(O)C(=O)C1C2=O. The minimum atomic E-state index is -2.74. The molecule has 2 unspecified atom stereocenters. The van der Waals surface area contributed by atoms with Crippen LogP contribution in [-0.4, -0.2) is 83.5 Å². The van der Waals surface area contributed by atoms with Crippen molar-refractivity contribution in [3.63, 3.8) is 0 Å². The lowest BCUT2D eigenvalue weighted by molar-refractivity contribution is -0.181. The van der Waals surface area contributed by atoms with Crippen molar-refractivity contribution < 1.29 is 38.9 Å². The number of ketones is 4. The zero-order valence-electron chi connectivity index (χ0n) is 24.5. The van der Waals surface area contributed by atoms with E-state index < -0.39 is 64.4 Å². The number of nitrogens with one attached hydrogen (secondary N) is 1. The molecule has 4 aliphatic carbocycles. The molecule has 0 spiro atoms. The molecule has 228 valence electrons. The number of aliphatic hydroxyl groups is 1. The Morgan fingerprint density at radius 3 is 2.45 bits per heavy atom. The number of carbonyl (C=O) groups excluding carboxylic acids is 5. The Kier molecular flexibility index (Phi) is 8.30. The van der Waals surface area contributed by atoms with E-state index in [0.717, 1.165) is 13.0 Å². The van der Waals surface area contributed by atoms with Crippen LogP contribution in [0.1, 0.15) is 66.4 Å². The van der Waals surface area contributed by atoms with Crippen LogP contribution >= 0.6 is 0 Å². The summed E-state index contributed by atoms with van der Waals surface area (Å²) in [7, 11) is 4.61. The minimum absolute atomic E-state index is 0.00230. The van der Waals surface area contributed by atoms with Gasteiger partial charge in [0.1, 0.15) is 11.5 Å². The number of rotatable bonds is 8. The second-order valence-corrected chi connectivity index (χ2v) is 12.7. The van der Waals surface area contributed by atoms with Crippen molar-refractivity contribution in [2.24, 2.45) is 35.3 Å². The van der Waals surface area contributed by atoms with E-state index >= 15 is 0 Å². The Balaban J connectivity index is 1.46. The summed E-state index contributed by atoms with van der Waals surface area (Å²) in [6, 6.07) is 0.325. The van der Waals surface area contributed by atoms with E-state index in [-0.39, 0.29) is 24.2 Å². The molecule has 11 nitrogen and oxygen atoms in total. The molecular weight excluding hydrogens is 542 g/mol. The molecule has 0 aromatic heterocycles.